The highest BCUT2D eigenvalue weighted by molar-refractivity contribution is 5.97. The van der Waals surface area contributed by atoms with Crippen molar-refractivity contribution in [3.8, 4) is 11.4 Å². The van der Waals surface area contributed by atoms with Gasteiger partial charge in [0.1, 0.15) is 5.82 Å². The van der Waals surface area contributed by atoms with Gasteiger partial charge in [0.05, 0.1) is 39.9 Å². The molecule has 5 rings (SSSR count). The molecule has 1 fully saturated rings. The lowest BCUT2D eigenvalue weighted by molar-refractivity contribution is -0.138. The van der Waals surface area contributed by atoms with Crippen LogP contribution in [0, 0.1) is 25.7 Å². The number of H-pyrrole nitrogens is 1. The number of aromatic nitrogens is 5. The van der Waals surface area contributed by atoms with Crippen LogP contribution in [-0.4, -0.2) is 42.0 Å². The summed E-state index contributed by atoms with van der Waals surface area (Å²) in [6, 6.07) is 2.29. The summed E-state index contributed by atoms with van der Waals surface area (Å²) in [5, 5.41) is 7.00. The monoisotopic (exact) mass is 470 g/mol. The van der Waals surface area contributed by atoms with E-state index in [9.17, 15) is 18.0 Å². The normalized spacial score (nSPS) is 24.1. The summed E-state index contributed by atoms with van der Waals surface area (Å²) >= 11 is 0. The summed E-state index contributed by atoms with van der Waals surface area (Å²) < 4.78 is 41.8. The number of fused-ring (bicyclic) bond motifs is 4. The van der Waals surface area contributed by atoms with Gasteiger partial charge in [0.2, 0.25) is 0 Å². The van der Waals surface area contributed by atoms with E-state index < -0.39 is 23.7 Å². The molecule has 34 heavy (non-hydrogen) atoms. The lowest BCUT2D eigenvalue weighted by Crippen LogP contribution is -2.56. The lowest BCUT2D eigenvalue weighted by atomic mass is 9.71. The SMILES string of the molecule is Cc1nc(-c2ccn[nH]2)c2c(n1)[C@H]1[C@H](C)C[C@H](C)[C@@H](C2)N1C(=O)c1ccnc(C)c1C(F)(F)F. The van der Waals surface area contributed by atoms with E-state index in [1.165, 1.54) is 19.2 Å². The Kier molecular flexibility index (Phi) is 5.22. The first-order chi connectivity index (χ1) is 16.1. The summed E-state index contributed by atoms with van der Waals surface area (Å²) in [5.74, 6) is 0.0129. The number of hydrogen-bond donors (Lipinski definition) is 1. The third-order valence-electron chi connectivity index (χ3n) is 7.09. The Hall–Kier alpha value is -3.30. The van der Waals surface area contributed by atoms with E-state index in [0.717, 1.165) is 23.4 Å². The molecule has 0 aliphatic carbocycles. The molecule has 1 N–H and O–H groups in total. The largest absolute Gasteiger partial charge is 0.418 e. The van der Waals surface area contributed by atoms with Crippen molar-refractivity contribution >= 4 is 5.91 Å². The summed E-state index contributed by atoms with van der Waals surface area (Å²) in [5.41, 5.74) is 1.58. The topological polar surface area (TPSA) is 87.7 Å². The number of carbonyl (C=O) groups is 1. The molecule has 0 spiro atoms. The molecular weight excluding hydrogens is 445 g/mol. The van der Waals surface area contributed by atoms with Crippen LogP contribution in [0.2, 0.25) is 0 Å². The second-order valence-electron chi connectivity index (χ2n) is 9.39. The van der Waals surface area contributed by atoms with Crippen LogP contribution in [0.4, 0.5) is 13.2 Å². The second-order valence-corrected chi connectivity index (χ2v) is 9.39. The Bertz CT molecular complexity index is 1260. The number of rotatable bonds is 2. The Labute approximate surface area is 194 Å². The summed E-state index contributed by atoms with van der Waals surface area (Å²) in [4.78, 5) is 28.7. The molecule has 3 aromatic heterocycles. The first-order valence-corrected chi connectivity index (χ1v) is 11.3. The fraction of sp³-hybridized carbons (Fsp3) is 0.458. The molecule has 0 radical (unpaired) electrons. The van der Waals surface area contributed by atoms with E-state index in [1.54, 1.807) is 18.0 Å². The van der Waals surface area contributed by atoms with Gasteiger partial charge in [-0.3, -0.25) is 14.9 Å². The van der Waals surface area contributed by atoms with E-state index in [0.29, 0.717) is 17.9 Å². The molecule has 1 saturated heterocycles. The Morgan fingerprint density at radius 2 is 1.88 bits per heavy atom. The van der Waals surface area contributed by atoms with Crippen LogP contribution in [0.1, 0.15) is 65.0 Å². The quantitative estimate of drug-likeness (QED) is 0.588. The third-order valence-corrected chi connectivity index (χ3v) is 7.09. The number of piperidine rings is 1. The third kappa shape index (κ3) is 3.47. The van der Waals surface area contributed by atoms with Gasteiger partial charge in [0.25, 0.3) is 5.91 Å². The molecule has 178 valence electrons. The van der Waals surface area contributed by atoms with Crippen molar-refractivity contribution in [3.05, 3.63) is 58.4 Å². The molecule has 7 nitrogen and oxygen atoms in total. The van der Waals surface area contributed by atoms with E-state index in [1.807, 2.05) is 13.0 Å². The zero-order valence-corrected chi connectivity index (χ0v) is 19.3. The van der Waals surface area contributed by atoms with Crippen LogP contribution in [-0.2, 0) is 12.6 Å². The van der Waals surface area contributed by atoms with Gasteiger partial charge in [0.15, 0.2) is 0 Å². The highest BCUT2D eigenvalue weighted by atomic mass is 19.4. The van der Waals surface area contributed by atoms with Crippen molar-refractivity contribution < 1.29 is 18.0 Å². The Balaban J connectivity index is 1.69. The average molecular weight is 470 g/mol. The molecule has 3 aromatic rings. The zero-order valence-electron chi connectivity index (χ0n) is 19.3. The van der Waals surface area contributed by atoms with E-state index in [2.05, 4.69) is 27.1 Å². The second kappa shape index (κ2) is 7.89. The highest BCUT2D eigenvalue weighted by Gasteiger charge is 2.50. The molecular formula is C24H25F3N6O. The minimum atomic E-state index is -4.68. The minimum absolute atomic E-state index is 0.00966. The van der Waals surface area contributed by atoms with Crippen molar-refractivity contribution in [2.45, 2.75) is 58.8 Å². The first kappa shape index (κ1) is 22.5. The van der Waals surface area contributed by atoms with E-state index in [4.69, 9.17) is 4.98 Å². The van der Waals surface area contributed by atoms with Gasteiger partial charge < -0.3 is 4.90 Å². The molecule has 10 heteroatoms. The average Bonchev–Trinajstić information content (AvgIpc) is 3.29. The van der Waals surface area contributed by atoms with E-state index >= 15 is 0 Å². The molecule has 5 heterocycles. The Morgan fingerprint density at radius 3 is 2.56 bits per heavy atom. The fourth-order valence-electron chi connectivity index (χ4n) is 5.73. The molecule has 2 bridgehead atoms. The van der Waals surface area contributed by atoms with Crippen LogP contribution >= 0.6 is 0 Å². The number of halogens is 3. The van der Waals surface area contributed by atoms with Crippen LogP contribution in [0.3, 0.4) is 0 Å². The number of nitrogens with zero attached hydrogens (tertiary/aromatic N) is 5. The van der Waals surface area contributed by atoms with Gasteiger partial charge in [-0.05, 0) is 50.7 Å². The number of nitrogens with one attached hydrogen (secondary N) is 1. The maximum absolute atomic E-state index is 13.9. The molecule has 0 saturated carbocycles. The van der Waals surface area contributed by atoms with Crippen molar-refractivity contribution in [2.75, 3.05) is 0 Å². The molecule has 4 atom stereocenters. The predicted octanol–water partition coefficient (Wildman–Crippen LogP) is 4.68. The van der Waals surface area contributed by atoms with Crippen molar-refractivity contribution in [1.82, 2.24) is 30.0 Å². The maximum Gasteiger partial charge on any atom is 0.418 e. The number of amides is 1. The molecule has 0 unspecified atom stereocenters. The Morgan fingerprint density at radius 1 is 1.12 bits per heavy atom. The lowest BCUT2D eigenvalue weighted by Gasteiger charge is -2.52. The number of aryl methyl sites for hydroxylation is 2. The number of hydrogen-bond acceptors (Lipinski definition) is 5. The smallest absolute Gasteiger partial charge is 0.326 e. The van der Waals surface area contributed by atoms with Gasteiger partial charge in [-0.25, -0.2) is 9.97 Å². The van der Waals surface area contributed by atoms with Crippen molar-refractivity contribution in [1.29, 1.82) is 0 Å². The van der Waals surface area contributed by atoms with Gasteiger partial charge in [-0.2, -0.15) is 18.3 Å². The predicted molar refractivity (Wildman–Crippen MR) is 118 cm³/mol. The van der Waals surface area contributed by atoms with Crippen LogP contribution in [0.15, 0.2) is 24.5 Å². The standard InChI is InChI=1S/C24H25F3N6O/c1-11-9-12(2)22-21-16(20(30-14(4)31-21)17-6-8-29-32-17)10-18(11)33(22)23(34)15-5-7-28-13(3)19(15)24(25,26)27/h5-8,11-12,18,22H,9-10H2,1-4H3,(H,29,32)/t11-,12+,18+,22+/m0/s1. The number of alkyl halides is 3. The fourth-order valence-corrected chi connectivity index (χ4v) is 5.73. The first-order valence-electron chi connectivity index (χ1n) is 11.3. The van der Waals surface area contributed by atoms with Crippen molar-refractivity contribution in [3.63, 3.8) is 0 Å². The summed E-state index contributed by atoms with van der Waals surface area (Å²) in [7, 11) is 0. The highest BCUT2D eigenvalue weighted by Crippen LogP contribution is 2.49. The molecule has 2 aliphatic heterocycles. The summed E-state index contributed by atoms with van der Waals surface area (Å²) in [6.07, 6.45) is -0.459. The molecule has 2 aliphatic rings. The molecule has 1 amide bonds. The van der Waals surface area contributed by atoms with Gasteiger partial charge in [0, 0.05) is 24.0 Å². The number of aromatic amines is 1. The zero-order chi connectivity index (χ0) is 24.4. The summed E-state index contributed by atoms with van der Waals surface area (Å²) in [6.45, 7) is 7.14. The molecule has 0 aromatic carbocycles. The number of pyridine rings is 1. The van der Waals surface area contributed by atoms with Gasteiger partial charge >= 0.3 is 6.18 Å². The van der Waals surface area contributed by atoms with Crippen molar-refractivity contribution in [2.24, 2.45) is 11.8 Å². The van der Waals surface area contributed by atoms with Gasteiger partial charge in [-0.1, -0.05) is 13.8 Å². The maximum atomic E-state index is 13.9. The van der Waals surface area contributed by atoms with Crippen LogP contribution in [0.5, 0.6) is 0 Å². The van der Waals surface area contributed by atoms with Crippen LogP contribution in [0.25, 0.3) is 11.4 Å². The van der Waals surface area contributed by atoms with Gasteiger partial charge in [-0.15, -0.1) is 0 Å². The van der Waals surface area contributed by atoms with Crippen LogP contribution < -0.4 is 0 Å². The number of carbonyl (C=O) groups excluding carboxylic acids is 1. The van der Waals surface area contributed by atoms with E-state index in [-0.39, 0.29) is 29.1 Å². The minimum Gasteiger partial charge on any atom is -0.326 e.